The van der Waals surface area contributed by atoms with E-state index in [9.17, 15) is 4.79 Å². The van der Waals surface area contributed by atoms with Gasteiger partial charge >= 0.3 is 5.97 Å². The number of nitrogens with zero attached hydrogens (tertiary/aromatic N) is 3. The van der Waals surface area contributed by atoms with E-state index in [0.717, 1.165) is 29.3 Å². The fourth-order valence-corrected chi connectivity index (χ4v) is 2.31. The number of hydrogen-bond donors (Lipinski definition) is 2. The summed E-state index contributed by atoms with van der Waals surface area (Å²) in [6, 6.07) is 7.80. The Morgan fingerprint density at radius 1 is 1.42 bits per heavy atom. The van der Waals surface area contributed by atoms with Crippen molar-refractivity contribution in [2.24, 2.45) is 0 Å². The molecule has 0 bridgehead atoms. The molecule has 6 nitrogen and oxygen atoms in total. The Morgan fingerprint density at radius 3 is 2.84 bits per heavy atom. The normalized spacial score (nSPS) is 10.6. The third-order valence-corrected chi connectivity index (χ3v) is 3.56. The monoisotopic (exact) mass is 278 g/mol. The van der Waals surface area contributed by atoms with Crippen LogP contribution in [0.1, 0.15) is 12.5 Å². The lowest BCUT2D eigenvalue weighted by Gasteiger charge is -2.07. The van der Waals surface area contributed by atoms with Gasteiger partial charge < -0.3 is 10.9 Å². The topological polar surface area (TPSA) is 94.0 Å². The van der Waals surface area contributed by atoms with Crippen molar-refractivity contribution in [1.29, 1.82) is 0 Å². The third kappa shape index (κ3) is 2.87. The maximum Gasteiger partial charge on any atom is 0.313 e. The highest BCUT2D eigenvalue weighted by Gasteiger charge is 2.15. The first kappa shape index (κ1) is 13.4. The van der Waals surface area contributed by atoms with Crippen molar-refractivity contribution in [2.75, 3.05) is 11.6 Å². The van der Waals surface area contributed by atoms with Gasteiger partial charge in [0.05, 0.1) is 5.75 Å². The maximum atomic E-state index is 10.5. The molecule has 0 aliphatic carbocycles. The van der Waals surface area contributed by atoms with Crippen LogP contribution in [0.5, 0.6) is 0 Å². The molecular formula is C12H14N4O2S. The number of nitrogens with two attached hydrogens (primary N) is 1. The molecule has 0 saturated heterocycles. The fraction of sp³-hybridized carbons (Fsp3) is 0.250. The Morgan fingerprint density at radius 2 is 2.16 bits per heavy atom. The van der Waals surface area contributed by atoms with Gasteiger partial charge in [-0.05, 0) is 12.0 Å². The SMILES string of the molecule is CCc1ccccc1-c1nnc(SCC(=O)O)n1N. The first-order chi connectivity index (χ1) is 9.13. The van der Waals surface area contributed by atoms with Gasteiger partial charge in [0.25, 0.3) is 0 Å². The summed E-state index contributed by atoms with van der Waals surface area (Å²) >= 11 is 1.05. The first-order valence-electron chi connectivity index (χ1n) is 5.76. The lowest BCUT2D eigenvalue weighted by molar-refractivity contribution is -0.133. The van der Waals surface area contributed by atoms with Crippen molar-refractivity contribution in [3.05, 3.63) is 29.8 Å². The van der Waals surface area contributed by atoms with Crippen LogP contribution >= 0.6 is 11.8 Å². The molecule has 1 aromatic carbocycles. The number of benzene rings is 1. The van der Waals surface area contributed by atoms with E-state index < -0.39 is 5.97 Å². The van der Waals surface area contributed by atoms with Gasteiger partial charge in [-0.15, -0.1) is 10.2 Å². The van der Waals surface area contributed by atoms with Crippen molar-refractivity contribution < 1.29 is 9.90 Å². The summed E-state index contributed by atoms with van der Waals surface area (Å²) < 4.78 is 1.34. The third-order valence-electron chi connectivity index (χ3n) is 2.63. The molecule has 0 saturated carbocycles. The van der Waals surface area contributed by atoms with Crippen LogP contribution in [0, 0.1) is 0 Å². The summed E-state index contributed by atoms with van der Waals surface area (Å²) in [4.78, 5) is 10.5. The number of carbonyl (C=O) groups is 1. The van der Waals surface area contributed by atoms with Gasteiger partial charge in [0.1, 0.15) is 0 Å². The zero-order valence-electron chi connectivity index (χ0n) is 10.4. The summed E-state index contributed by atoms with van der Waals surface area (Å²) in [6.45, 7) is 2.05. The number of aromatic nitrogens is 3. The van der Waals surface area contributed by atoms with E-state index >= 15 is 0 Å². The Bertz CT molecular complexity index is 597. The van der Waals surface area contributed by atoms with Crippen molar-refractivity contribution in [2.45, 2.75) is 18.5 Å². The molecule has 0 fully saturated rings. The predicted molar refractivity (Wildman–Crippen MR) is 73.3 cm³/mol. The molecule has 1 aromatic heterocycles. The highest BCUT2D eigenvalue weighted by molar-refractivity contribution is 7.99. The minimum atomic E-state index is -0.913. The summed E-state index contributed by atoms with van der Waals surface area (Å²) in [6.07, 6.45) is 0.862. The zero-order valence-corrected chi connectivity index (χ0v) is 11.2. The van der Waals surface area contributed by atoms with Crippen LogP contribution in [-0.2, 0) is 11.2 Å². The van der Waals surface area contributed by atoms with Gasteiger partial charge in [0, 0.05) is 5.56 Å². The van der Waals surface area contributed by atoms with E-state index in [1.54, 1.807) is 0 Å². The lowest BCUT2D eigenvalue weighted by atomic mass is 10.1. The van der Waals surface area contributed by atoms with Crippen LogP contribution in [0.4, 0.5) is 0 Å². The Kier molecular flexibility index (Phi) is 4.06. The highest BCUT2D eigenvalue weighted by Crippen LogP contribution is 2.24. The quantitative estimate of drug-likeness (QED) is 0.634. The van der Waals surface area contributed by atoms with E-state index in [4.69, 9.17) is 10.9 Å². The molecule has 100 valence electrons. The number of aryl methyl sites for hydroxylation is 1. The Labute approximate surface area is 114 Å². The molecule has 2 aromatic rings. The second-order valence-electron chi connectivity index (χ2n) is 3.87. The molecule has 0 radical (unpaired) electrons. The van der Waals surface area contributed by atoms with Gasteiger partial charge in [-0.25, -0.2) is 4.68 Å². The number of carboxylic acid groups (broad SMARTS) is 1. The molecule has 1 heterocycles. The van der Waals surface area contributed by atoms with Crippen LogP contribution in [0.3, 0.4) is 0 Å². The maximum absolute atomic E-state index is 10.5. The number of carboxylic acids is 1. The molecule has 0 aliphatic rings. The van der Waals surface area contributed by atoms with E-state index in [-0.39, 0.29) is 5.75 Å². The van der Waals surface area contributed by atoms with E-state index in [1.807, 2.05) is 24.3 Å². The molecule has 19 heavy (non-hydrogen) atoms. The Balaban J connectivity index is 2.33. The summed E-state index contributed by atoms with van der Waals surface area (Å²) in [5, 5.41) is 17.0. The van der Waals surface area contributed by atoms with E-state index in [1.165, 1.54) is 4.68 Å². The van der Waals surface area contributed by atoms with Crippen molar-refractivity contribution >= 4 is 17.7 Å². The molecule has 0 spiro atoms. The molecule has 7 heteroatoms. The van der Waals surface area contributed by atoms with Gasteiger partial charge in [0.15, 0.2) is 5.82 Å². The predicted octanol–water partition coefficient (Wildman–Crippen LogP) is 1.40. The van der Waals surface area contributed by atoms with Crippen LogP contribution in [-0.4, -0.2) is 31.7 Å². The van der Waals surface area contributed by atoms with Crippen molar-refractivity contribution in [3.63, 3.8) is 0 Å². The largest absolute Gasteiger partial charge is 0.481 e. The second kappa shape index (κ2) is 5.75. The Hall–Kier alpha value is -2.02. The molecule has 0 unspecified atom stereocenters. The van der Waals surface area contributed by atoms with Crippen molar-refractivity contribution in [3.8, 4) is 11.4 Å². The minimum absolute atomic E-state index is 0.0925. The summed E-state index contributed by atoms with van der Waals surface area (Å²) in [5.74, 6) is 5.46. The summed E-state index contributed by atoms with van der Waals surface area (Å²) in [5.41, 5.74) is 2.04. The standard InChI is InChI=1S/C12H14N4O2S/c1-2-8-5-3-4-6-9(8)11-14-15-12(16(11)13)19-7-10(17)18/h3-6H,2,7,13H2,1H3,(H,17,18). The smallest absolute Gasteiger partial charge is 0.313 e. The van der Waals surface area contributed by atoms with Crippen LogP contribution < -0.4 is 5.84 Å². The molecule has 3 N–H and O–H groups in total. The number of thioether (sulfide) groups is 1. The minimum Gasteiger partial charge on any atom is -0.481 e. The number of hydrogen-bond acceptors (Lipinski definition) is 5. The number of nitrogen functional groups attached to an aromatic ring is 1. The summed E-state index contributed by atoms with van der Waals surface area (Å²) in [7, 11) is 0. The molecular weight excluding hydrogens is 264 g/mol. The molecule has 0 atom stereocenters. The van der Waals surface area contributed by atoms with E-state index in [2.05, 4.69) is 17.1 Å². The second-order valence-corrected chi connectivity index (χ2v) is 4.81. The van der Waals surface area contributed by atoms with Gasteiger partial charge in [-0.3, -0.25) is 4.79 Å². The zero-order chi connectivity index (χ0) is 13.8. The van der Waals surface area contributed by atoms with Gasteiger partial charge in [0.2, 0.25) is 5.16 Å². The molecule has 0 aliphatic heterocycles. The van der Waals surface area contributed by atoms with Crippen LogP contribution in [0.25, 0.3) is 11.4 Å². The van der Waals surface area contributed by atoms with Crippen LogP contribution in [0.2, 0.25) is 0 Å². The average molecular weight is 278 g/mol. The van der Waals surface area contributed by atoms with Gasteiger partial charge in [-0.1, -0.05) is 43.0 Å². The van der Waals surface area contributed by atoms with Crippen molar-refractivity contribution in [1.82, 2.24) is 14.9 Å². The van der Waals surface area contributed by atoms with Gasteiger partial charge in [-0.2, -0.15) is 0 Å². The van der Waals surface area contributed by atoms with Crippen LogP contribution in [0.15, 0.2) is 29.4 Å². The highest BCUT2D eigenvalue weighted by atomic mass is 32.2. The molecule has 2 rings (SSSR count). The average Bonchev–Trinajstić information content (AvgIpc) is 2.77. The fourth-order valence-electron chi connectivity index (χ4n) is 1.73. The molecule has 0 amide bonds. The number of aliphatic carboxylic acids is 1. The number of rotatable bonds is 5. The first-order valence-corrected chi connectivity index (χ1v) is 6.75. The lowest BCUT2D eigenvalue weighted by Crippen LogP contribution is -2.13. The van der Waals surface area contributed by atoms with E-state index in [0.29, 0.717) is 11.0 Å².